The third-order valence-corrected chi connectivity index (χ3v) is 11.5. The number of unbranched alkanes of at least 4 members (excludes halogenated alkanes) is 19. The van der Waals surface area contributed by atoms with Gasteiger partial charge in [0.1, 0.15) is 43.2 Å². The van der Waals surface area contributed by atoms with E-state index in [1.807, 2.05) is 0 Å². The standard InChI is InChI=1S/C45H81O13P/c1-3-5-7-9-11-13-15-17-19-21-23-25-27-29-31-33-38(46)55-35-37(36-56-59(53,54)58-45-43(51)41(49)40(48)42(50)44(45)52)57-39(47)34-32-30-28-26-24-22-20-18-16-14-12-10-8-6-4-2/h12,14,18,20,24,26,37,40-45,48-52H,3-11,13,15-17,19,21-23,25,27-36H2,1-2H3,(H,53,54)/b14-12-,20-18-,26-24-/t37-,40?,41-,42?,43?,44?,45?/m1/s1. The largest absolute Gasteiger partial charge is 0.472 e. The van der Waals surface area contributed by atoms with E-state index in [0.29, 0.717) is 12.8 Å². The van der Waals surface area contributed by atoms with Crippen LogP contribution in [0, 0.1) is 0 Å². The molecule has 0 bridgehead atoms. The zero-order chi connectivity index (χ0) is 43.6. The molecular weight excluding hydrogens is 779 g/mol. The molecule has 1 aliphatic carbocycles. The molecule has 0 aromatic carbocycles. The van der Waals surface area contributed by atoms with Crippen molar-refractivity contribution in [2.24, 2.45) is 0 Å². The number of aliphatic hydroxyl groups is 5. The van der Waals surface area contributed by atoms with Gasteiger partial charge in [-0.05, 0) is 51.4 Å². The summed E-state index contributed by atoms with van der Waals surface area (Å²) in [6.45, 7) is 3.24. The molecule has 0 amide bonds. The monoisotopic (exact) mass is 861 g/mol. The highest BCUT2D eigenvalue weighted by atomic mass is 31.2. The molecule has 1 saturated carbocycles. The predicted octanol–water partition coefficient (Wildman–Crippen LogP) is 8.61. The number of hydrogen-bond acceptors (Lipinski definition) is 12. The normalized spacial score (nSPS) is 22.6. The molecule has 0 aromatic rings. The Hall–Kier alpha value is -1.93. The topological polar surface area (TPSA) is 210 Å². The van der Waals surface area contributed by atoms with Crippen LogP contribution >= 0.6 is 7.82 Å². The Morgan fingerprint density at radius 2 is 0.915 bits per heavy atom. The van der Waals surface area contributed by atoms with E-state index in [-0.39, 0.29) is 12.8 Å². The van der Waals surface area contributed by atoms with E-state index in [9.17, 15) is 44.6 Å². The van der Waals surface area contributed by atoms with E-state index in [4.69, 9.17) is 18.5 Å². The molecule has 13 nitrogen and oxygen atoms in total. The SMILES string of the molecule is CCCCC/C=C\C/C=C\C/C=C\CCCCC(=O)O[C@H](COC(=O)CCCCCCCCCCCCCCCCC)COP(=O)(O)OC1C(O)C(O)C(O)[C@@H](O)C1O. The van der Waals surface area contributed by atoms with Crippen molar-refractivity contribution in [3.63, 3.8) is 0 Å². The van der Waals surface area contributed by atoms with Gasteiger partial charge in [-0.3, -0.25) is 18.6 Å². The second kappa shape index (κ2) is 35.6. The van der Waals surface area contributed by atoms with Crippen LogP contribution in [-0.4, -0.2) is 98.3 Å². The summed E-state index contributed by atoms with van der Waals surface area (Å²) < 4.78 is 33.5. The van der Waals surface area contributed by atoms with Crippen LogP contribution in [0.5, 0.6) is 0 Å². The number of hydrogen-bond donors (Lipinski definition) is 6. The molecule has 0 spiro atoms. The lowest BCUT2D eigenvalue weighted by Crippen LogP contribution is -2.64. The van der Waals surface area contributed by atoms with E-state index in [0.717, 1.165) is 51.4 Å². The molecule has 8 atom stereocenters. The Bertz CT molecular complexity index is 1180. The molecule has 1 aliphatic rings. The average Bonchev–Trinajstić information content (AvgIpc) is 3.21. The zero-order valence-electron chi connectivity index (χ0n) is 36.3. The third-order valence-electron chi connectivity index (χ3n) is 10.5. The van der Waals surface area contributed by atoms with Crippen LogP contribution in [0.1, 0.15) is 181 Å². The van der Waals surface area contributed by atoms with Gasteiger partial charge in [0.15, 0.2) is 6.10 Å². The molecule has 0 saturated heterocycles. The van der Waals surface area contributed by atoms with E-state index in [1.54, 1.807) is 0 Å². The number of phosphoric ester groups is 1. The number of allylic oxidation sites excluding steroid dienone is 6. The predicted molar refractivity (Wildman–Crippen MR) is 230 cm³/mol. The van der Waals surface area contributed by atoms with Gasteiger partial charge in [0.25, 0.3) is 0 Å². The van der Waals surface area contributed by atoms with Gasteiger partial charge in [-0.1, -0.05) is 153 Å². The molecule has 0 radical (unpaired) electrons. The van der Waals surface area contributed by atoms with Crippen LogP contribution in [0.25, 0.3) is 0 Å². The van der Waals surface area contributed by atoms with Crippen LogP contribution in [0.2, 0.25) is 0 Å². The van der Waals surface area contributed by atoms with Gasteiger partial charge in [0.05, 0.1) is 6.61 Å². The summed E-state index contributed by atoms with van der Waals surface area (Å²) in [5.74, 6) is -1.14. The molecule has 14 heteroatoms. The first kappa shape index (κ1) is 55.1. The first-order chi connectivity index (χ1) is 28.4. The van der Waals surface area contributed by atoms with E-state index in [2.05, 4.69) is 50.3 Å². The zero-order valence-corrected chi connectivity index (χ0v) is 37.2. The minimum atomic E-state index is -5.12. The highest BCUT2D eigenvalue weighted by Gasteiger charge is 2.51. The quantitative estimate of drug-likeness (QED) is 0.0150. The fraction of sp³-hybridized carbons (Fsp3) is 0.822. The molecule has 59 heavy (non-hydrogen) atoms. The molecule has 0 aliphatic heterocycles. The van der Waals surface area contributed by atoms with Crippen molar-refractivity contribution >= 4 is 19.8 Å². The second-order valence-electron chi connectivity index (χ2n) is 15.9. The second-order valence-corrected chi connectivity index (χ2v) is 17.3. The van der Waals surface area contributed by atoms with E-state index in [1.165, 1.54) is 89.9 Å². The van der Waals surface area contributed by atoms with Crippen molar-refractivity contribution < 1.29 is 63.1 Å². The van der Waals surface area contributed by atoms with Gasteiger partial charge in [0.2, 0.25) is 0 Å². The van der Waals surface area contributed by atoms with Crippen molar-refractivity contribution in [1.29, 1.82) is 0 Å². The van der Waals surface area contributed by atoms with Crippen molar-refractivity contribution in [3.05, 3.63) is 36.5 Å². The highest BCUT2D eigenvalue weighted by Crippen LogP contribution is 2.47. The first-order valence-electron chi connectivity index (χ1n) is 22.8. The smallest absolute Gasteiger partial charge is 0.462 e. The van der Waals surface area contributed by atoms with Crippen molar-refractivity contribution in [2.45, 2.75) is 224 Å². The molecule has 1 rings (SSSR count). The summed E-state index contributed by atoms with van der Waals surface area (Å²) in [7, 11) is -5.12. The molecule has 1 fully saturated rings. The first-order valence-corrected chi connectivity index (χ1v) is 24.3. The van der Waals surface area contributed by atoms with Crippen LogP contribution in [-0.2, 0) is 32.7 Å². The molecule has 6 unspecified atom stereocenters. The molecular formula is C45H81O13P. The third kappa shape index (κ3) is 28.3. The van der Waals surface area contributed by atoms with Gasteiger partial charge in [-0.2, -0.15) is 0 Å². The van der Waals surface area contributed by atoms with Crippen LogP contribution < -0.4 is 0 Å². The summed E-state index contributed by atoms with van der Waals surface area (Å²) in [6.07, 6.45) is 26.3. The summed E-state index contributed by atoms with van der Waals surface area (Å²) in [4.78, 5) is 35.6. The molecule has 0 aromatic heterocycles. The van der Waals surface area contributed by atoms with E-state index >= 15 is 0 Å². The lowest BCUT2D eigenvalue weighted by atomic mass is 9.85. The summed E-state index contributed by atoms with van der Waals surface area (Å²) in [5.41, 5.74) is 0. The van der Waals surface area contributed by atoms with Crippen LogP contribution in [0.15, 0.2) is 36.5 Å². The Morgan fingerprint density at radius 3 is 1.42 bits per heavy atom. The van der Waals surface area contributed by atoms with Crippen molar-refractivity contribution in [2.75, 3.05) is 13.2 Å². The van der Waals surface area contributed by atoms with E-state index < -0.39 is 75.7 Å². The maximum absolute atomic E-state index is 12.8. The van der Waals surface area contributed by atoms with Gasteiger partial charge in [-0.15, -0.1) is 0 Å². The number of esters is 2. The summed E-state index contributed by atoms with van der Waals surface area (Å²) in [6, 6.07) is 0. The maximum Gasteiger partial charge on any atom is 0.472 e. The minimum absolute atomic E-state index is 0.0494. The minimum Gasteiger partial charge on any atom is -0.462 e. The number of carbonyl (C=O) groups is 2. The van der Waals surface area contributed by atoms with Crippen molar-refractivity contribution in [1.82, 2.24) is 0 Å². The van der Waals surface area contributed by atoms with Crippen LogP contribution in [0.3, 0.4) is 0 Å². The van der Waals surface area contributed by atoms with Gasteiger partial charge in [-0.25, -0.2) is 4.57 Å². The molecule has 6 N–H and O–H groups in total. The lowest BCUT2D eigenvalue weighted by Gasteiger charge is -2.41. The Kier molecular flexibility index (Phi) is 33.3. The number of aliphatic hydroxyl groups excluding tert-OH is 5. The fourth-order valence-electron chi connectivity index (χ4n) is 6.76. The molecule has 344 valence electrons. The van der Waals surface area contributed by atoms with Crippen LogP contribution in [0.4, 0.5) is 0 Å². The summed E-state index contributed by atoms with van der Waals surface area (Å²) in [5, 5.41) is 50.1. The number of carbonyl (C=O) groups excluding carboxylic acids is 2. The molecule has 0 heterocycles. The Morgan fingerprint density at radius 1 is 0.525 bits per heavy atom. The number of ether oxygens (including phenoxy) is 2. The van der Waals surface area contributed by atoms with Crippen molar-refractivity contribution in [3.8, 4) is 0 Å². The van der Waals surface area contributed by atoms with Gasteiger partial charge in [0, 0.05) is 12.8 Å². The van der Waals surface area contributed by atoms with Gasteiger partial charge >= 0.3 is 19.8 Å². The highest BCUT2D eigenvalue weighted by molar-refractivity contribution is 7.47. The average molecular weight is 861 g/mol. The fourth-order valence-corrected chi connectivity index (χ4v) is 7.74. The Balaban J connectivity index is 2.50. The number of phosphoric acid groups is 1. The summed E-state index contributed by atoms with van der Waals surface area (Å²) >= 11 is 0. The lowest BCUT2D eigenvalue weighted by molar-refractivity contribution is -0.220. The van der Waals surface area contributed by atoms with Gasteiger partial charge < -0.3 is 39.9 Å². The maximum atomic E-state index is 12.8. The number of rotatable bonds is 37. The Labute approximate surface area is 355 Å².